The fourth-order valence-electron chi connectivity index (χ4n) is 1.30. The minimum atomic E-state index is -1.39. The van der Waals surface area contributed by atoms with Crippen molar-refractivity contribution >= 4 is 11.9 Å². The highest BCUT2D eigenvalue weighted by atomic mass is 16.4. The Morgan fingerprint density at radius 2 is 1.86 bits per heavy atom. The molecule has 0 saturated heterocycles. The van der Waals surface area contributed by atoms with Crippen molar-refractivity contribution in [3.05, 3.63) is 34.4 Å². The topological polar surface area (TPSA) is 83.2 Å². The highest BCUT2D eigenvalue weighted by molar-refractivity contribution is 6.04. The number of nitrogens with two attached hydrogens (primary N) is 1. The number of carboxylic acids is 1. The van der Waals surface area contributed by atoms with Crippen LogP contribution in [0.2, 0.25) is 0 Å². The zero-order valence-corrected chi connectivity index (χ0v) is 7.96. The summed E-state index contributed by atoms with van der Waals surface area (Å²) in [5.41, 5.74) is 6.38. The number of rotatable bonds is 2. The van der Waals surface area contributed by atoms with Crippen molar-refractivity contribution in [1.29, 1.82) is 0 Å². The van der Waals surface area contributed by atoms with Gasteiger partial charge in [-0.1, -0.05) is 12.1 Å². The lowest BCUT2D eigenvalue weighted by atomic mass is 9.97. The smallest absolute Gasteiger partial charge is 0.249 e. The van der Waals surface area contributed by atoms with Crippen LogP contribution < -0.4 is 10.8 Å². The first-order valence-corrected chi connectivity index (χ1v) is 4.06. The van der Waals surface area contributed by atoms with Gasteiger partial charge >= 0.3 is 0 Å². The van der Waals surface area contributed by atoms with Gasteiger partial charge in [-0.05, 0) is 25.0 Å². The Morgan fingerprint density at radius 1 is 1.29 bits per heavy atom. The number of hydrogen-bond acceptors (Lipinski definition) is 3. The number of hydrogen-bond donors (Lipinski definition) is 1. The fourth-order valence-corrected chi connectivity index (χ4v) is 1.30. The second-order valence-corrected chi connectivity index (χ2v) is 3.08. The number of carbonyl (C=O) groups is 2. The summed E-state index contributed by atoms with van der Waals surface area (Å²) in [5, 5.41) is 10.7. The molecule has 4 nitrogen and oxygen atoms in total. The van der Waals surface area contributed by atoms with Crippen molar-refractivity contribution in [3.63, 3.8) is 0 Å². The molecule has 0 fully saturated rings. The molecule has 1 amide bonds. The van der Waals surface area contributed by atoms with E-state index >= 15 is 0 Å². The van der Waals surface area contributed by atoms with Gasteiger partial charge in [0.2, 0.25) is 5.91 Å². The fraction of sp³-hybridized carbons (Fsp3) is 0.200. The first-order valence-electron chi connectivity index (χ1n) is 4.06. The third-order valence-electron chi connectivity index (χ3n) is 2.20. The van der Waals surface area contributed by atoms with E-state index in [2.05, 4.69) is 0 Å². The molecule has 1 aromatic rings. The Balaban J connectivity index is 3.53. The second kappa shape index (κ2) is 3.49. The maximum atomic E-state index is 11.0. The summed E-state index contributed by atoms with van der Waals surface area (Å²) in [5.74, 6) is -2.13. The summed E-state index contributed by atoms with van der Waals surface area (Å²) in [6, 6.07) is 2.95. The van der Waals surface area contributed by atoms with E-state index in [1.165, 1.54) is 6.07 Å². The van der Waals surface area contributed by atoms with Gasteiger partial charge in [0.25, 0.3) is 0 Å². The summed E-state index contributed by atoms with van der Waals surface area (Å²) in [6.07, 6.45) is 0. The van der Waals surface area contributed by atoms with Crippen LogP contribution in [0, 0.1) is 13.8 Å². The predicted octanol–water partition coefficient (Wildman–Crippen LogP) is -0.234. The zero-order valence-electron chi connectivity index (χ0n) is 7.96. The highest BCUT2D eigenvalue weighted by Crippen LogP contribution is 2.17. The molecule has 2 N–H and O–H groups in total. The minimum Gasteiger partial charge on any atom is -0.545 e. The molecule has 4 heteroatoms. The lowest BCUT2D eigenvalue weighted by Crippen LogP contribution is -2.27. The maximum Gasteiger partial charge on any atom is 0.249 e. The van der Waals surface area contributed by atoms with Gasteiger partial charge in [-0.2, -0.15) is 0 Å². The Bertz CT molecular complexity index is 410. The molecular weight excluding hydrogens is 182 g/mol. The summed E-state index contributed by atoms with van der Waals surface area (Å²) < 4.78 is 0. The van der Waals surface area contributed by atoms with Crippen molar-refractivity contribution in [1.82, 2.24) is 0 Å². The first kappa shape index (κ1) is 10.2. The molecule has 0 aliphatic rings. The van der Waals surface area contributed by atoms with Crippen LogP contribution in [0.3, 0.4) is 0 Å². The molecule has 0 heterocycles. The second-order valence-electron chi connectivity index (χ2n) is 3.08. The molecule has 0 bridgehead atoms. The number of aryl methyl sites for hydroxylation is 1. The molecule has 0 atom stereocenters. The normalized spacial score (nSPS) is 9.86. The predicted molar refractivity (Wildman–Crippen MR) is 48.8 cm³/mol. The molecule has 14 heavy (non-hydrogen) atoms. The molecule has 0 saturated carbocycles. The summed E-state index contributed by atoms with van der Waals surface area (Å²) in [7, 11) is 0. The van der Waals surface area contributed by atoms with Gasteiger partial charge in [-0.15, -0.1) is 0 Å². The first-order chi connectivity index (χ1) is 6.45. The van der Waals surface area contributed by atoms with E-state index in [-0.39, 0.29) is 11.1 Å². The van der Waals surface area contributed by atoms with Crippen LogP contribution in [0.25, 0.3) is 0 Å². The summed E-state index contributed by atoms with van der Waals surface area (Å²) >= 11 is 0. The van der Waals surface area contributed by atoms with Crippen LogP contribution in [0.15, 0.2) is 12.1 Å². The Kier molecular flexibility index (Phi) is 2.56. The molecule has 0 spiro atoms. The summed E-state index contributed by atoms with van der Waals surface area (Å²) in [4.78, 5) is 21.7. The van der Waals surface area contributed by atoms with Gasteiger partial charge in [-0.3, -0.25) is 4.79 Å². The van der Waals surface area contributed by atoms with Crippen LogP contribution in [0.5, 0.6) is 0 Å². The zero-order chi connectivity index (χ0) is 10.9. The molecule has 0 aliphatic heterocycles. The van der Waals surface area contributed by atoms with Crippen molar-refractivity contribution < 1.29 is 14.7 Å². The van der Waals surface area contributed by atoms with Gasteiger partial charge in [0.05, 0.1) is 11.5 Å². The van der Waals surface area contributed by atoms with Crippen molar-refractivity contribution in [3.8, 4) is 0 Å². The van der Waals surface area contributed by atoms with Crippen LogP contribution >= 0.6 is 0 Å². The van der Waals surface area contributed by atoms with Gasteiger partial charge in [0, 0.05) is 5.56 Å². The van der Waals surface area contributed by atoms with E-state index in [0.717, 1.165) is 5.56 Å². The molecular formula is C10H10NO3-. The third-order valence-corrected chi connectivity index (χ3v) is 2.20. The van der Waals surface area contributed by atoms with Crippen molar-refractivity contribution in [2.75, 3.05) is 0 Å². The molecule has 1 rings (SSSR count). The number of amides is 1. The standard InChI is InChI=1S/C10H11NO3/c1-5-3-4-7(10(13)14)8(6(5)2)9(11)12/h3-4H,1-2H3,(H2,11,12)(H,13,14)/p-1. The summed E-state index contributed by atoms with van der Waals surface area (Å²) in [6.45, 7) is 3.43. The van der Waals surface area contributed by atoms with Crippen LogP contribution in [-0.2, 0) is 0 Å². The van der Waals surface area contributed by atoms with E-state index in [9.17, 15) is 14.7 Å². The minimum absolute atomic E-state index is 0.0324. The average Bonchev–Trinajstić information content (AvgIpc) is 2.08. The average molecular weight is 192 g/mol. The molecule has 0 aromatic heterocycles. The third kappa shape index (κ3) is 1.59. The molecule has 74 valence electrons. The Labute approximate surface area is 81.3 Å². The molecule has 1 aromatic carbocycles. The van der Waals surface area contributed by atoms with Crippen molar-refractivity contribution in [2.45, 2.75) is 13.8 Å². The van der Waals surface area contributed by atoms with Gasteiger partial charge < -0.3 is 15.6 Å². The SMILES string of the molecule is Cc1ccc(C(=O)[O-])c(C(N)=O)c1C. The molecule has 0 aliphatic carbocycles. The number of carboxylic acid groups (broad SMARTS) is 1. The Hall–Kier alpha value is -1.84. The number of benzene rings is 1. The Morgan fingerprint density at radius 3 is 2.29 bits per heavy atom. The van der Waals surface area contributed by atoms with Gasteiger partial charge in [-0.25, -0.2) is 0 Å². The lowest BCUT2D eigenvalue weighted by molar-refractivity contribution is -0.255. The lowest BCUT2D eigenvalue weighted by Gasteiger charge is -2.12. The highest BCUT2D eigenvalue weighted by Gasteiger charge is 2.13. The van der Waals surface area contributed by atoms with Crippen LogP contribution in [0.1, 0.15) is 31.8 Å². The number of primary amides is 1. The quantitative estimate of drug-likeness (QED) is 0.702. The van der Waals surface area contributed by atoms with Gasteiger partial charge in [0.15, 0.2) is 0 Å². The monoisotopic (exact) mass is 192 g/mol. The van der Waals surface area contributed by atoms with Crippen LogP contribution in [-0.4, -0.2) is 11.9 Å². The van der Waals surface area contributed by atoms with Crippen LogP contribution in [0.4, 0.5) is 0 Å². The van der Waals surface area contributed by atoms with E-state index in [1.54, 1.807) is 19.9 Å². The maximum absolute atomic E-state index is 11.0. The van der Waals surface area contributed by atoms with E-state index in [1.807, 2.05) is 0 Å². The van der Waals surface area contributed by atoms with E-state index in [4.69, 9.17) is 5.73 Å². The number of carbonyl (C=O) groups excluding carboxylic acids is 2. The molecule has 0 radical (unpaired) electrons. The number of aromatic carboxylic acids is 1. The molecule has 0 unspecified atom stereocenters. The van der Waals surface area contributed by atoms with Crippen molar-refractivity contribution in [2.24, 2.45) is 5.73 Å². The van der Waals surface area contributed by atoms with E-state index < -0.39 is 11.9 Å². The largest absolute Gasteiger partial charge is 0.545 e. The van der Waals surface area contributed by atoms with E-state index in [0.29, 0.717) is 5.56 Å². The van der Waals surface area contributed by atoms with Gasteiger partial charge in [0.1, 0.15) is 0 Å².